The molecule has 0 saturated heterocycles. The van der Waals surface area contributed by atoms with Crippen LogP contribution in [0, 0.1) is 0 Å². The molecule has 0 fully saturated rings. The fourth-order valence-corrected chi connectivity index (χ4v) is 1.72. The largest absolute Gasteiger partial charge is 0.490 e. The second kappa shape index (κ2) is 9.82. The predicted octanol–water partition coefficient (Wildman–Crippen LogP) is 3.31. The minimum atomic E-state index is -0.596. The first-order valence-corrected chi connectivity index (χ1v) is 7.24. The highest BCUT2D eigenvalue weighted by Gasteiger charge is 2.24. The lowest BCUT2D eigenvalue weighted by Gasteiger charge is -2.20. The summed E-state index contributed by atoms with van der Waals surface area (Å²) in [6.45, 7) is 13.3. The van der Waals surface area contributed by atoms with E-state index < -0.39 is 5.97 Å². The summed E-state index contributed by atoms with van der Waals surface area (Å²) in [5, 5.41) is 0. The molecule has 5 heteroatoms. The smallest absolute Gasteiger partial charge is 0.313 e. The summed E-state index contributed by atoms with van der Waals surface area (Å²) in [5.41, 5.74) is 0.924. The molecular weight excluding hydrogens is 284 g/mol. The van der Waals surface area contributed by atoms with Crippen molar-refractivity contribution < 1.29 is 23.8 Å². The minimum Gasteiger partial charge on any atom is -0.490 e. The van der Waals surface area contributed by atoms with Gasteiger partial charge in [0.1, 0.15) is 6.42 Å². The highest BCUT2D eigenvalue weighted by Crippen LogP contribution is 2.25. The molecular formula is C17H26O5. The van der Waals surface area contributed by atoms with E-state index in [1.165, 1.54) is 7.11 Å². The van der Waals surface area contributed by atoms with E-state index in [0.717, 1.165) is 0 Å². The molecule has 0 amide bonds. The molecule has 22 heavy (non-hydrogen) atoms. The molecule has 0 radical (unpaired) electrons. The molecule has 0 bridgehead atoms. The van der Waals surface area contributed by atoms with Gasteiger partial charge < -0.3 is 14.2 Å². The summed E-state index contributed by atoms with van der Waals surface area (Å²) >= 11 is 0. The van der Waals surface area contributed by atoms with Crippen LogP contribution in [-0.2, 0) is 23.8 Å². The Hall–Kier alpha value is -2.04. The van der Waals surface area contributed by atoms with E-state index in [4.69, 9.17) is 9.47 Å². The number of rotatable bonds is 9. The lowest BCUT2D eigenvalue weighted by Crippen LogP contribution is -2.18. The summed E-state index contributed by atoms with van der Waals surface area (Å²) < 4.78 is 15.9. The van der Waals surface area contributed by atoms with Gasteiger partial charge in [0.25, 0.3) is 0 Å². The SMILES string of the molecule is C=C(C)/C(OCC)=C(OC(C)C)\C(=C/C)C(=O)CC(=O)OC. The maximum Gasteiger partial charge on any atom is 0.313 e. The van der Waals surface area contributed by atoms with Crippen LogP contribution in [0.1, 0.15) is 41.0 Å². The first kappa shape index (κ1) is 20.0. The Morgan fingerprint density at radius 2 is 1.82 bits per heavy atom. The molecule has 0 rings (SSSR count). The van der Waals surface area contributed by atoms with Gasteiger partial charge in [0.2, 0.25) is 0 Å². The van der Waals surface area contributed by atoms with Gasteiger partial charge in [-0.25, -0.2) is 0 Å². The quantitative estimate of drug-likeness (QED) is 0.215. The van der Waals surface area contributed by atoms with Crippen LogP contribution in [0.5, 0.6) is 0 Å². The van der Waals surface area contributed by atoms with Crippen molar-refractivity contribution >= 4 is 11.8 Å². The zero-order valence-electron chi connectivity index (χ0n) is 14.3. The second-order valence-corrected chi connectivity index (χ2v) is 4.92. The lowest BCUT2D eigenvalue weighted by atomic mass is 10.0. The molecule has 0 N–H and O–H groups in total. The minimum absolute atomic E-state index is 0.161. The van der Waals surface area contributed by atoms with Gasteiger partial charge in [0.15, 0.2) is 17.3 Å². The lowest BCUT2D eigenvalue weighted by molar-refractivity contribution is -0.142. The number of Topliss-reactive ketones (excluding diaryl/α,β-unsaturated/α-hetero) is 1. The second-order valence-electron chi connectivity index (χ2n) is 4.92. The number of methoxy groups -OCH3 is 1. The van der Waals surface area contributed by atoms with Gasteiger partial charge in [-0.05, 0) is 40.2 Å². The molecule has 0 aliphatic carbocycles. The molecule has 0 aliphatic heterocycles. The Bertz CT molecular complexity index is 483. The maximum absolute atomic E-state index is 12.3. The Balaban J connectivity index is 5.82. The van der Waals surface area contributed by atoms with Crippen molar-refractivity contribution in [2.24, 2.45) is 0 Å². The molecule has 0 aromatic rings. The highest BCUT2D eigenvalue weighted by atomic mass is 16.5. The third-order valence-corrected chi connectivity index (χ3v) is 2.60. The molecule has 0 aromatic carbocycles. The topological polar surface area (TPSA) is 61.8 Å². The molecule has 0 saturated carbocycles. The number of carbonyl (C=O) groups excluding carboxylic acids is 2. The van der Waals surface area contributed by atoms with Crippen LogP contribution in [-0.4, -0.2) is 31.6 Å². The van der Waals surface area contributed by atoms with Crippen molar-refractivity contribution in [1.82, 2.24) is 0 Å². The summed E-state index contributed by atoms with van der Waals surface area (Å²) in [5.74, 6) is -0.256. The third-order valence-electron chi connectivity index (χ3n) is 2.60. The molecule has 0 unspecified atom stereocenters. The van der Waals surface area contributed by atoms with Crippen molar-refractivity contribution in [2.75, 3.05) is 13.7 Å². The summed E-state index contributed by atoms with van der Waals surface area (Å²) in [6, 6.07) is 0. The van der Waals surface area contributed by atoms with Crippen LogP contribution in [0.15, 0.2) is 35.3 Å². The summed E-state index contributed by atoms with van der Waals surface area (Å²) in [7, 11) is 1.24. The number of ketones is 1. The summed E-state index contributed by atoms with van der Waals surface area (Å²) in [4.78, 5) is 23.7. The van der Waals surface area contributed by atoms with Gasteiger partial charge in [-0.15, -0.1) is 0 Å². The molecule has 0 aromatic heterocycles. The van der Waals surface area contributed by atoms with E-state index in [-0.39, 0.29) is 23.9 Å². The van der Waals surface area contributed by atoms with E-state index in [2.05, 4.69) is 11.3 Å². The third kappa shape index (κ3) is 6.16. The van der Waals surface area contributed by atoms with Gasteiger partial charge in [0.05, 0.1) is 25.4 Å². The van der Waals surface area contributed by atoms with Crippen LogP contribution >= 0.6 is 0 Å². The van der Waals surface area contributed by atoms with E-state index >= 15 is 0 Å². The zero-order chi connectivity index (χ0) is 17.3. The van der Waals surface area contributed by atoms with Crippen molar-refractivity contribution in [3.05, 3.63) is 35.3 Å². The average Bonchev–Trinajstić information content (AvgIpc) is 2.43. The van der Waals surface area contributed by atoms with E-state index in [9.17, 15) is 9.59 Å². The van der Waals surface area contributed by atoms with Gasteiger partial charge in [-0.3, -0.25) is 9.59 Å². The Morgan fingerprint density at radius 3 is 2.18 bits per heavy atom. The number of hydrogen-bond donors (Lipinski definition) is 0. The maximum atomic E-state index is 12.3. The van der Waals surface area contributed by atoms with Gasteiger partial charge >= 0.3 is 5.97 Å². The fourth-order valence-electron chi connectivity index (χ4n) is 1.72. The van der Waals surface area contributed by atoms with Crippen LogP contribution in [0.2, 0.25) is 0 Å². The molecule has 0 spiro atoms. The fraction of sp³-hybridized carbons (Fsp3) is 0.529. The van der Waals surface area contributed by atoms with Gasteiger partial charge in [-0.2, -0.15) is 0 Å². The normalized spacial score (nSPS) is 12.6. The number of esters is 1. The highest BCUT2D eigenvalue weighted by molar-refractivity contribution is 6.07. The molecule has 124 valence electrons. The van der Waals surface area contributed by atoms with Crippen LogP contribution in [0.3, 0.4) is 0 Å². The Morgan fingerprint density at radius 1 is 1.23 bits per heavy atom. The number of hydrogen-bond acceptors (Lipinski definition) is 5. The van der Waals surface area contributed by atoms with Gasteiger partial charge in [-0.1, -0.05) is 12.7 Å². The molecule has 0 atom stereocenters. The van der Waals surface area contributed by atoms with Gasteiger partial charge in [0, 0.05) is 0 Å². The number of ether oxygens (including phenoxy) is 3. The standard InChI is InChI=1S/C17H26O5/c1-8-13(14(18)10-15(19)20-7)17(22-12(5)6)16(11(3)4)21-9-2/h8,12H,3,9-10H2,1-2,4-7H3/b13-8-,17-16-. The monoisotopic (exact) mass is 310 g/mol. The Labute approximate surface area is 132 Å². The first-order chi connectivity index (χ1) is 10.3. The molecule has 0 aliphatic rings. The predicted molar refractivity (Wildman–Crippen MR) is 85.1 cm³/mol. The van der Waals surface area contributed by atoms with Crippen molar-refractivity contribution in [2.45, 2.75) is 47.1 Å². The van der Waals surface area contributed by atoms with E-state index in [1.54, 1.807) is 19.9 Å². The average molecular weight is 310 g/mol. The number of carbonyl (C=O) groups is 2. The van der Waals surface area contributed by atoms with E-state index in [1.807, 2.05) is 20.8 Å². The van der Waals surface area contributed by atoms with Crippen LogP contribution < -0.4 is 0 Å². The van der Waals surface area contributed by atoms with Crippen LogP contribution in [0.4, 0.5) is 0 Å². The molecule has 0 heterocycles. The first-order valence-electron chi connectivity index (χ1n) is 7.24. The van der Waals surface area contributed by atoms with Crippen molar-refractivity contribution in [3.63, 3.8) is 0 Å². The van der Waals surface area contributed by atoms with Crippen molar-refractivity contribution in [3.8, 4) is 0 Å². The summed E-state index contributed by atoms with van der Waals surface area (Å²) in [6.07, 6.45) is 1.09. The van der Waals surface area contributed by atoms with E-state index in [0.29, 0.717) is 23.7 Å². The van der Waals surface area contributed by atoms with Crippen molar-refractivity contribution in [1.29, 1.82) is 0 Å². The number of allylic oxidation sites excluding steroid dienone is 3. The zero-order valence-corrected chi connectivity index (χ0v) is 14.3. The van der Waals surface area contributed by atoms with Crippen LogP contribution in [0.25, 0.3) is 0 Å². The Kier molecular flexibility index (Phi) is 8.91. The molecule has 5 nitrogen and oxygen atoms in total.